The van der Waals surface area contributed by atoms with E-state index < -0.39 is 21.7 Å². The first kappa shape index (κ1) is 17.2. The Balaban J connectivity index is 1.76. The Hall–Kier alpha value is -1.60. The van der Waals surface area contributed by atoms with Crippen LogP contribution in [0.5, 0.6) is 0 Å². The highest BCUT2D eigenvalue weighted by atomic mass is 35.5. The number of halogens is 2. The number of nitrogens with zero attached hydrogens (tertiary/aromatic N) is 1. The zero-order chi connectivity index (χ0) is 17.3. The maximum absolute atomic E-state index is 12.3. The Morgan fingerprint density at radius 2 is 1.88 bits per heavy atom. The lowest BCUT2D eigenvalue weighted by Crippen LogP contribution is -2.17. The number of fused-ring (bicyclic) bond motifs is 1. The normalized spacial score (nSPS) is 13.3. The second-order valence-corrected chi connectivity index (χ2v) is 8.37. The van der Waals surface area contributed by atoms with E-state index in [9.17, 15) is 13.5 Å². The monoisotopic (exact) mass is 384 g/mol. The van der Waals surface area contributed by atoms with E-state index in [0.717, 1.165) is 5.52 Å². The van der Waals surface area contributed by atoms with Gasteiger partial charge in [-0.3, -0.25) is 0 Å². The summed E-state index contributed by atoms with van der Waals surface area (Å²) in [6.07, 6.45) is -1.19. The van der Waals surface area contributed by atoms with E-state index in [0.29, 0.717) is 21.9 Å². The van der Waals surface area contributed by atoms with E-state index >= 15 is 0 Å². The SMILES string of the molecule is O=S(=O)(Cc1nc2ccccc2[nH]1)CC(O)c1ccc(Cl)c(Cl)c1. The molecule has 0 amide bonds. The number of benzene rings is 2. The van der Waals surface area contributed by atoms with Gasteiger partial charge in [0.1, 0.15) is 11.6 Å². The highest BCUT2D eigenvalue weighted by molar-refractivity contribution is 7.90. The van der Waals surface area contributed by atoms with Crippen molar-refractivity contribution in [1.29, 1.82) is 0 Å². The number of sulfone groups is 1. The molecule has 1 aromatic heterocycles. The van der Waals surface area contributed by atoms with Crippen LogP contribution >= 0.6 is 23.2 Å². The Labute approximate surface area is 149 Å². The fourth-order valence-electron chi connectivity index (χ4n) is 2.40. The van der Waals surface area contributed by atoms with Gasteiger partial charge in [0.15, 0.2) is 9.84 Å². The Morgan fingerprint density at radius 3 is 2.58 bits per heavy atom. The quantitative estimate of drug-likeness (QED) is 0.704. The van der Waals surface area contributed by atoms with Crippen LogP contribution in [0.4, 0.5) is 0 Å². The molecule has 0 aliphatic heterocycles. The number of nitrogens with one attached hydrogen (secondary N) is 1. The van der Waals surface area contributed by atoms with Crippen LogP contribution in [0.3, 0.4) is 0 Å². The van der Waals surface area contributed by atoms with Gasteiger partial charge in [0, 0.05) is 0 Å². The lowest BCUT2D eigenvalue weighted by Gasteiger charge is -2.12. The van der Waals surface area contributed by atoms with Crippen molar-refractivity contribution in [3.8, 4) is 0 Å². The molecule has 1 atom stereocenters. The van der Waals surface area contributed by atoms with Crippen molar-refractivity contribution in [1.82, 2.24) is 9.97 Å². The second-order valence-electron chi connectivity index (χ2n) is 5.44. The maximum atomic E-state index is 12.3. The summed E-state index contributed by atoms with van der Waals surface area (Å²) in [6, 6.07) is 11.8. The number of aromatic amines is 1. The molecule has 24 heavy (non-hydrogen) atoms. The molecule has 1 unspecified atom stereocenters. The summed E-state index contributed by atoms with van der Waals surface area (Å²) >= 11 is 11.7. The number of hydrogen-bond donors (Lipinski definition) is 2. The molecule has 0 aliphatic rings. The highest BCUT2D eigenvalue weighted by Gasteiger charge is 2.21. The van der Waals surface area contributed by atoms with Gasteiger partial charge in [0.05, 0.1) is 32.9 Å². The van der Waals surface area contributed by atoms with E-state index in [1.54, 1.807) is 12.1 Å². The standard InChI is InChI=1S/C16H14Cl2N2O3S/c17-11-6-5-10(7-12(11)18)15(21)8-24(22,23)9-16-19-13-3-1-2-4-14(13)20-16/h1-7,15,21H,8-9H2,(H,19,20). The van der Waals surface area contributed by atoms with Crippen LogP contribution < -0.4 is 0 Å². The second kappa shape index (κ2) is 6.72. The fourth-order valence-corrected chi connectivity index (χ4v) is 4.05. The third-order valence-corrected chi connectivity index (χ3v) is 5.81. The highest BCUT2D eigenvalue weighted by Crippen LogP contribution is 2.26. The molecule has 3 rings (SSSR count). The topological polar surface area (TPSA) is 83.0 Å². The van der Waals surface area contributed by atoms with Gasteiger partial charge in [0.2, 0.25) is 0 Å². The van der Waals surface area contributed by atoms with E-state index in [1.165, 1.54) is 12.1 Å². The third kappa shape index (κ3) is 3.89. The average Bonchev–Trinajstić information content (AvgIpc) is 2.90. The van der Waals surface area contributed by atoms with Gasteiger partial charge in [-0.15, -0.1) is 0 Å². The summed E-state index contributed by atoms with van der Waals surface area (Å²) in [5.74, 6) is -0.361. The molecule has 2 aromatic carbocycles. The van der Waals surface area contributed by atoms with Crippen molar-refractivity contribution in [2.45, 2.75) is 11.9 Å². The van der Waals surface area contributed by atoms with Gasteiger partial charge in [-0.2, -0.15) is 0 Å². The van der Waals surface area contributed by atoms with E-state index in [1.807, 2.05) is 18.2 Å². The van der Waals surface area contributed by atoms with Crippen molar-refractivity contribution >= 4 is 44.1 Å². The molecule has 3 aromatic rings. The summed E-state index contributed by atoms with van der Waals surface area (Å²) < 4.78 is 24.7. The summed E-state index contributed by atoms with van der Waals surface area (Å²) in [5.41, 5.74) is 1.87. The van der Waals surface area contributed by atoms with Crippen LogP contribution in [0, 0.1) is 0 Å². The van der Waals surface area contributed by atoms with Crippen LogP contribution in [0.25, 0.3) is 11.0 Å². The largest absolute Gasteiger partial charge is 0.387 e. The molecule has 5 nitrogen and oxygen atoms in total. The van der Waals surface area contributed by atoms with E-state index in [2.05, 4.69) is 9.97 Å². The van der Waals surface area contributed by atoms with Crippen molar-refractivity contribution in [3.63, 3.8) is 0 Å². The number of para-hydroxylation sites is 2. The number of aromatic nitrogens is 2. The van der Waals surface area contributed by atoms with Crippen LogP contribution in [0.15, 0.2) is 42.5 Å². The molecule has 0 saturated heterocycles. The van der Waals surface area contributed by atoms with E-state index in [-0.39, 0.29) is 10.8 Å². The van der Waals surface area contributed by atoms with Crippen molar-refractivity contribution in [2.75, 3.05) is 5.75 Å². The summed E-state index contributed by atoms with van der Waals surface area (Å²) in [6.45, 7) is 0. The average molecular weight is 385 g/mol. The first-order chi connectivity index (χ1) is 11.3. The molecule has 0 fully saturated rings. The van der Waals surface area contributed by atoms with Crippen LogP contribution in [0.1, 0.15) is 17.5 Å². The molecule has 126 valence electrons. The number of H-pyrrole nitrogens is 1. The zero-order valence-electron chi connectivity index (χ0n) is 12.4. The van der Waals surface area contributed by atoms with Gasteiger partial charge in [-0.05, 0) is 29.8 Å². The molecule has 0 bridgehead atoms. The van der Waals surface area contributed by atoms with E-state index in [4.69, 9.17) is 23.2 Å². The van der Waals surface area contributed by atoms with Crippen molar-refractivity contribution in [2.24, 2.45) is 0 Å². The zero-order valence-corrected chi connectivity index (χ0v) is 14.7. The molecule has 2 N–H and O–H groups in total. The predicted molar refractivity (Wildman–Crippen MR) is 95.0 cm³/mol. The molecule has 1 heterocycles. The lowest BCUT2D eigenvalue weighted by atomic mass is 10.1. The minimum absolute atomic E-state index is 0.267. The van der Waals surface area contributed by atoms with Gasteiger partial charge in [0.25, 0.3) is 0 Å². The molecular formula is C16H14Cl2N2O3S. The number of rotatable bonds is 5. The summed E-state index contributed by atoms with van der Waals surface area (Å²) in [4.78, 5) is 7.22. The van der Waals surface area contributed by atoms with Gasteiger partial charge < -0.3 is 10.1 Å². The Morgan fingerprint density at radius 1 is 1.12 bits per heavy atom. The predicted octanol–water partition coefficient (Wildman–Crippen LogP) is 3.52. The maximum Gasteiger partial charge on any atom is 0.160 e. The van der Waals surface area contributed by atoms with Crippen LogP contribution in [-0.4, -0.2) is 29.2 Å². The number of imidazole rings is 1. The minimum Gasteiger partial charge on any atom is -0.387 e. The molecule has 0 radical (unpaired) electrons. The van der Waals surface area contributed by atoms with Crippen LogP contribution in [0.2, 0.25) is 10.0 Å². The van der Waals surface area contributed by atoms with Crippen molar-refractivity contribution in [3.05, 3.63) is 63.9 Å². The molecule has 8 heteroatoms. The van der Waals surface area contributed by atoms with Crippen molar-refractivity contribution < 1.29 is 13.5 Å². The fraction of sp³-hybridized carbons (Fsp3) is 0.188. The summed E-state index contributed by atoms with van der Waals surface area (Å²) in [5, 5.41) is 10.8. The number of aliphatic hydroxyl groups excluding tert-OH is 1. The van der Waals surface area contributed by atoms with Gasteiger partial charge in [-0.25, -0.2) is 13.4 Å². The van der Waals surface area contributed by atoms with Crippen LogP contribution in [-0.2, 0) is 15.6 Å². The minimum atomic E-state index is -3.57. The molecule has 0 spiro atoms. The first-order valence-electron chi connectivity index (χ1n) is 7.11. The molecular weight excluding hydrogens is 371 g/mol. The summed E-state index contributed by atoms with van der Waals surface area (Å²) in [7, 11) is -3.57. The Bertz CT molecular complexity index is 953. The number of hydrogen-bond acceptors (Lipinski definition) is 4. The van der Waals surface area contributed by atoms with Gasteiger partial charge in [-0.1, -0.05) is 41.4 Å². The smallest absolute Gasteiger partial charge is 0.160 e. The third-order valence-electron chi connectivity index (χ3n) is 3.54. The van der Waals surface area contributed by atoms with Gasteiger partial charge >= 0.3 is 0 Å². The number of aliphatic hydroxyl groups is 1. The first-order valence-corrected chi connectivity index (χ1v) is 9.69. The Kier molecular flexibility index (Phi) is 4.83. The molecule has 0 aliphatic carbocycles. The lowest BCUT2D eigenvalue weighted by molar-refractivity contribution is 0.201. The molecule has 0 saturated carbocycles.